The largest absolute Gasteiger partial charge is 0.488 e. The lowest BCUT2D eigenvalue weighted by molar-refractivity contribution is 0.305. The topological polar surface area (TPSA) is 74.2 Å². The second-order valence-corrected chi connectivity index (χ2v) is 6.68. The fraction of sp³-hybridized carbons (Fsp3) is 0.0526. The third-order valence-corrected chi connectivity index (χ3v) is 4.73. The molecule has 2 N–H and O–H groups in total. The molecule has 25 heavy (non-hydrogen) atoms. The smallest absolute Gasteiger partial charge is 0.313 e. The average molecular weight is 443 g/mol. The molecule has 0 fully saturated rings. The van der Waals surface area contributed by atoms with E-state index in [0.717, 1.165) is 20.4 Å². The van der Waals surface area contributed by atoms with E-state index >= 15 is 0 Å². The summed E-state index contributed by atoms with van der Waals surface area (Å²) in [6.07, 6.45) is 0. The number of halogens is 1. The van der Waals surface area contributed by atoms with Gasteiger partial charge in [-0.3, -0.25) is 0 Å². The summed E-state index contributed by atoms with van der Waals surface area (Å²) in [6, 6.07) is 20.3. The first kappa shape index (κ1) is 15.9. The third kappa shape index (κ3) is 3.30. The molecule has 0 unspecified atom stereocenters. The quantitative estimate of drug-likeness (QED) is 0.465. The predicted molar refractivity (Wildman–Crippen MR) is 105 cm³/mol. The van der Waals surface area contributed by atoms with Crippen molar-refractivity contribution in [1.82, 2.24) is 10.2 Å². The Hall–Kier alpha value is -2.61. The van der Waals surface area contributed by atoms with E-state index in [2.05, 4.69) is 63.1 Å². The summed E-state index contributed by atoms with van der Waals surface area (Å²) >= 11 is 2.23. The van der Waals surface area contributed by atoms with E-state index in [-0.39, 0.29) is 6.01 Å². The van der Waals surface area contributed by atoms with Gasteiger partial charge in [0.1, 0.15) is 12.4 Å². The molecule has 0 saturated carbocycles. The maximum Gasteiger partial charge on any atom is 0.313 e. The van der Waals surface area contributed by atoms with Crippen LogP contribution >= 0.6 is 22.6 Å². The molecule has 0 aliphatic rings. The van der Waals surface area contributed by atoms with Crippen LogP contribution in [0.2, 0.25) is 0 Å². The van der Waals surface area contributed by atoms with Gasteiger partial charge in [0.2, 0.25) is 5.89 Å². The van der Waals surface area contributed by atoms with Crippen LogP contribution in [0, 0.1) is 3.57 Å². The van der Waals surface area contributed by atoms with E-state index < -0.39 is 0 Å². The van der Waals surface area contributed by atoms with Crippen molar-refractivity contribution in [3.8, 4) is 17.2 Å². The molecule has 3 aromatic carbocycles. The number of nitrogens with two attached hydrogens (primary N) is 1. The normalized spacial score (nSPS) is 10.9. The molecule has 0 aliphatic carbocycles. The van der Waals surface area contributed by atoms with Crippen LogP contribution in [-0.4, -0.2) is 10.2 Å². The molecule has 5 nitrogen and oxygen atoms in total. The van der Waals surface area contributed by atoms with Crippen LogP contribution in [0.5, 0.6) is 5.75 Å². The van der Waals surface area contributed by atoms with E-state index in [1.165, 1.54) is 10.8 Å². The number of anilines is 1. The van der Waals surface area contributed by atoms with Crippen LogP contribution in [-0.2, 0) is 6.61 Å². The van der Waals surface area contributed by atoms with Gasteiger partial charge in [-0.05, 0) is 57.1 Å². The summed E-state index contributed by atoms with van der Waals surface area (Å²) in [6.45, 7) is 0.504. The number of nitrogens with zero attached hydrogens (tertiary/aromatic N) is 2. The first-order chi connectivity index (χ1) is 12.2. The molecule has 0 aliphatic heterocycles. The van der Waals surface area contributed by atoms with Gasteiger partial charge < -0.3 is 14.9 Å². The number of nitrogen functional groups attached to an aromatic ring is 1. The number of rotatable bonds is 4. The highest BCUT2D eigenvalue weighted by Gasteiger charge is 2.10. The molecule has 0 atom stereocenters. The number of hydrogen-bond donors (Lipinski definition) is 1. The number of aromatic nitrogens is 2. The SMILES string of the molecule is Nc1nnc(-c2ccc(OCc3cccc4ccccc34)c(I)c2)o1. The van der Waals surface area contributed by atoms with Crippen molar-refractivity contribution in [1.29, 1.82) is 0 Å². The molecule has 0 spiro atoms. The Bertz CT molecular complexity index is 1040. The Balaban J connectivity index is 1.57. The minimum absolute atomic E-state index is 0.0568. The molecule has 124 valence electrons. The molecule has 0 saturated heterocycles. The van der Waals surface area contributed by atoms with Gasteiger partial charge in [-0.15, -0.1) is 5.10 Å². The first-order valence-corrected chi connectivity index (χ1v) is 8.77. The molecule has 0 bridgehead atoms. The van der Waals surface area contributed by atoms with Crippen LogP contribution in [0.3, 0.4) is 0 Å². The molecule has 0 amide bonds. The summed E-state index contributed by atoms with van der Waals surface area (Å²) in [4.78, 5) is 0. The predicted octanol–water partition coefficient (Wildman–Crippen LogP) is 4.66. The van der Waals surface area contributed by atoms with Gasteiger partial charge in [-0.2, -0.15) is 0 Å². The number of ether oxygens (including phenoxy) is 1. The molecule has 0 radical (unpaired) electrons. The summed E-state index contributed by atoms with van der Waals surface area (Å²) in [5.41, 5.74) is 7.44. The molecule has 1 aromatic heterocycles. The number of benzene rings is 3. The van der Waals surface area contributed by atoms with Gasteiger partial charge in [0, 0.05) is 5.56 Å². The van der Waals surface area contributed by atoms with Gasteiger partial charge in [0.25, 0.3) is 0 Å². The van der Waals surface area contributed by atoms with Crippen LogP contribution in [0.1, 0.15) is 5.56 Å². The fourth-order valence-corrected chi connectivity index (χ4v) is 3.35. The van der Waals surface area contributed by atoms with Gasteiger partial charge in [-0.1, -0.05) is 47.6 Å². The Morgan fingerprint density at radius 3 is 2.64 bits per heavy atom. The van der Waals surface area contributed by atoms with Crippen molar-refractivity contribution in [2.45, 2.75) is 6.61 Å². The monoisotopic (exact) mass is 443 g/mol. The minimum atomic E-state index is 0.0568. The summed E-state index contributed by atoms with van der Waals surface area (Å²) in [5, 5.41) is 9.99. The van der Waals surface area contributed by atoms with Crippen LogP contribution in [0.15, 0.2) is 65.1 Å². The maximum absolute atomic E-state index is 6.03. The fourth-order valence-electron chi connectivity index (χ4n) is 2.68. The Morgan fingerprint density at radius 2 is 1.84 bits per heavy atom. The Morgan fingerprint density at radius 1 is 1.00 bits per heavy atom. The maximum atomic E-state index is 6.03. The zero-order valence-corrected chi connectivity index (χ0v) is 15.3. The Kier molecular flexibility index (Phi) is 4.27. The van der Waals surface area contributed by atoms with E-state index in [0.29, 0.717) is 12.5 Å². The van der Waals surface area contributed by atoms with Crippen molar-refractivity contribution in [2.75, 3.05) is 5.73 Å². The third-order valence-electron chi connectivity index (χ3n) is 3.88. The highest BCUT2D eigenvalue weighted by Crippen LogP contribution is 2.29. The van der Waals surface area contributed by atoms with E-state index in [1.54, 1.807) is 0 Å². The summed E-state index contributed by atoms with van der Waals surface area (Å²) in [5.74, 6) is 1.21. The molecular formula is C19H14IN3O2. The van der Waals surface area contributed by atoms with Gasteiger partial charge >= 0.3 is 6.01 Å². The highest BCUT2D eigenvalue weighted by molar-refractivity contribution is 14.1. The minimum Gasteiger partial charge on any atom is -0.488 e. The van der Waals surface area contributed by atoms with E-state index in [1.807, 2.05) is 30.3 Å². The van der Waals surface area contributed by atoms with Crippen molar-refractivity contribution in [3.63, 3.8) is 0 Å². The lowest BCUT2D eigenvalue weighted by atomic mass is 10.1. The Labute approximate surface area is 158 Å². The summed E-state index contributed by atoms with van der Waals surface area (Å²) in [7, 11) is 0. The van der Waals surface area contributed by atoms with Gasteiger partial charge in [0.15, 0.2) is 0 Å². The number of fused-ring (bicyclic) bond motifs is 1. The zero-order valence-electron chi connectivity index (χ0n) is 13.1. The first-order valence-electron chi connectivity index (χ1n) is 7.69. The molecule has 4 aromatic rings. The zero-order chi connectivity index (χ0) is 17.2. The molecule has 4 rings (SSSR count). The van der Waals surface area contributed by atoms with Crippen LogP contribution in [0.4, 0.5) is 6.01 Å². The van der Waals surface area contributed by atoms with Crippen molar-refractivity contribution in [3.05, 3.63) is 69.8 Å². The van der Waals surface area contributed by atoms with Crippen molar-refractivity contribution < 1.29 is 9.15 Å². The lowest BCUT2D eigenvalue weighted by Gasteiger charge is -2.11. The molecule has 6 heteroatoms. The standard InChI is InChI=1S/C19H14IN3O2/c20-16-10-13(18-22-23-19(21)25-18)8-9-17(16)24-11-14-6-3-5-12-4-1-2-7-15(12)14/h1-10H,11H2,(H2,21,23). The number of hydrogen-bond acceptors (Lipinski definition) is 5. The molecule has 1 heterocycles. The second kappa shape index (κ2) is 6.72. The highest BCUT2D eigenvalue weighted by atomic mass is 127. The lowest BCUT2D eigenvalue weighted by Crippen LogP contribution is -1.98. The van der Waals surface area contributed by atoms with Crippen molar-refractivity contribution >= 4 is 39.4 Å². The van der Waals surface area contributed by atoms with Gasteiger partial charge in [-0.25, -0.2) is 0 Å². The van der Waals surface area contributed by atoms with E-state index in [4.69, 9.17) is 14.9 Å². The van der Waals surface area contributed by atoms with Crippen molar-refractivity contribution in [2.24, 2.45) is 0 Å². The van der Waals surface area contributed by atoms with Crippen LogP contribution in [0.25, 0.3) is 22.2 Å². The average Bonchev–Trinajstić information content (AvgIpc) is 3.07. The van der Waals surface area contributed by atoms with E-state index in [9.17, 15) is 0 Å². The summed E-state index contributed by atoms with van der Waals surface area (Å²) < 4.78 is 12.2. The second-order valence-electron chi connectivity index (χ2n) is 5.52. The van der Waals surface area contributed by atoms with Gasteiger partial charge in [0.05, 0.1) is 3.57 Å². The van der Waals surface area contributed by atoms with Crippen LogP contribution < -0.4 is 10.5 Å². The molecular weight excluding hydrogens is 429 g/mol.